The maximum Gasteiger partial charge on any atom is 0.417 e. The lowest BCUT2D eigenvalue weighted by molar-refractivity contribution is -0.137. The summed E-state index contributed by atoms with van der Waals surface area (Å²) in [6.45, 7) is 1.56. The van der Waals surface area contributed by atoms with Gasteiger partial charge in [-0.3, -0.25) is 4.79 Å². The molecule has 0 saturated heterocycles. The molecule has 0 aliphatic heterocycles. The largest absolute Gasteiger partial charge is 0.417 e. The van der Waals surface area contributed by atoms with Gasteiger partial charge in [0, 0.05) is 18.5 Å². The molecule has 0 atom stereocenters. The highest BCUT2D eigenvalue weighted by Crippen LogP contribution is 2.32. The number of anilines is 1. The Kier molecular flexibility index (Phi) is 4.45. The normalized spacial score (nSPS) is 11.4. The molecule has 134 valence electrons. The fourth-order valence-electron chi connectivity index (χ4n) is 2.31. The Labute approximate surface area is 145 Å². The lowest BCUT2D eigenvalue weighted by atomic mass is 10.1. The molecule has 3 aromatic rings. The van der Waals surface area contributed by atoms with Gasteiger partial charge in [-0.2, -0.15) is 13.2 Å². The summed E-state index contributed by atoms with van der Waals surface area (Å²) >= 11 is 0. The molecule has 0 unspecified atom stereocenters. The van der Waals surface area contributed by atoms with Crippen LogP contribution in [0.25, 0.3) is 5.82 Å². The molecule has 5 nitrogen and oxygen atoms in total. The van der Waals surface area contributed by atoms with Gasteiger partial charge >= 0.3 is 6.18 Å². The second-order valence-corrected chi connectivity index (χ2v) is 5.41. The number of nitrogens with one attached hydrogen (secondary N) is 1. The lowest BCUT2D eigenvalue weighted by Crippen LogP contribution is -2.19. The molecule has 0 aliphatic rings. The van der Waals surface area contributed by atoms with E-state index in [9.17, 15) is 22.4 Å². The van der Waals surface area contributed by atoms with Crippen molar-refractivity contribution in [2.45, 2.75) is 13.1 Å². The number of pyridine rings is 1. The predicted molar refractivity (Wildman–Crippen MR) is 85.5 cm³/mol. The van der Waals surface area contributed by atoms with Crippen molar-refractivity contribution in [3.8, 4) is 5.82 Å². The van der Waals surface area contributed by atoms with Gasteiger partial charge < -0.3 is 5.32 Å². The Hall–Kier alpha value is -3.23. The van der Waals surface area contributed by atoms with Crippen LogP contribution in [-0.2, 0) is 6.18 Å². The number of amides is 1. The molecule has 2 heterocycles. The first-order valence-electron chi connectivity index (χ1n) is 7.42. The van der Waals surface area contributed by atoms with E-state index in [1.54, 1.807) is 6.92 Å². The summed E-state index contributed by atoms with van der Waals surface area (Å²) in [5.41, 5.74) is -1.23. The molecule has 0 bridgehead atoms. The first-order chi connectivity index (χ1) is 12.3. The van der Waals surface area contributed by atoms with E-state index in [1.165, 1.54) is 36.7 Å². The quantitative estimate of drug-likeness (QED) is 0.715. The number of aromatic nitrogens is 3. The van der Waals surface area contributed by atoms with Gasteiger partial charge in [0.05, 0.1) is 11.1 Å². The number of hydrogen-bond donors (Lipinski definition) is 1. The number of rotatable bonds is 3. The third-order valence-corrected chi connectivity index (χ3v) is 3.59. The van der Waals surface area contributed by atoms with E-state index < -0.39 is 29.0 Å². The monoisotopic (exact) mass is 364 g/mol. The van der Waals surface area contributed by atoms with E-state index >= 15 is 0 Å². The topological polar surface area (TPSA) is 59.8 Å². The summed E-state index contributed by atoms with van der Waals surface area (Å²) in [4.78, 5) is 16.1. The van der Waals surface area contributed by atoms with Gasteiger partial charge in [-0.05, 0) is 30.7 Å². The van der Waals surface area contributed by atoms with E-state index in [-0.39, 0.29) is 11.6 Å². The molecule has 0 spiro atoms. The van der Waals surface area contributed by atoms with Gasteiger partial charge in [-0.15, -0.1) is 5.10 Å². The predicted octanol–water partition coefficient (Wildman–Crippen LogP) is 3.99. The number of aryl methyl sites for hydroxylation is 1. The van der Waals surface area contributed by atoms with Crippen molar-refractivity contribution in [3.05, 3.63) is 71.3 Å². The SMILES string of the molecule is Cc1ccnc(-n2ccc(NC(=O)c3ccccc3C(F)(F)F)n2)c1F. The number of alkyl halides is 3. The zero-order valence-corrected chi connectivity index (χ0v) is 13.4. The van der Waals surface area contributed by atoms with Gasteiger partial charge in [-0.1, -0.05) is 12.1 Å². The van der Waals surface area contributed by atoms with Gasteiger partial charge in [0.25, 0.3) is 5.91 Å². The molecule has 9 heteroatoms. The van der Waals surface area contributed by atoms with Gasteiger partial charge in [0.2, 0.25) is 0 Å². The van der Waals surface area contributed by atoms with Crippen LogP contribution in [0.3, 0.4) is 0 Å². The van der Waals surface area contributed by atoms with E-state index in [0.717, 1.165) is 16.8 Å². The average molecular weight is 364 g/mol. The summed E-state index contributed by atoms with van der Waals surface area (Å²) in [5, 5.41) is 6.21. The highest BCUT2D eigenvalue weighted by molar-refractivity contribution is 6.04. The van der Waals surface area contributed by atoms with Crippen molar-refractivity contribution in [2.24, 2.45) is 0 Å². The molecule has 2 aromatic heterocycles. The number of hydrogen-bond acceptors (Lipinski definition) is 3. The van der Waals surface area contributed by atoms with Crippen LogP contribution in [0.1, 0.15) is 21.5 Å². The Morgan fingerprint density at radius 1 is 1.15 bits per heavy atom. The maximum atomic E-state index is 14.1. The van der Waals surface area contributed by atoms with Crippen molar-refractivity contribution >= 4 is 11.7 Å². The molecule has 1 amide bonds. The minimum atomic E-state index is -4.66. The number of carbonyl (C=O) groups is 1. The first kappa shape index (κ1) is 17.6. The van der Waals surface area contributed by atoms with E-state index in [1.807, 2.05) is 0 Å². The molecule has 1 aromatic carbocycles. The summed E-state index contributed by atoms with van der Waals surface area (Å²) in [7, 11) is 0. The zero-order valence-electron chi connectivity index (χ0n) is 13.4. The van der Waals surface area contributed by atoms with Crippen molar-refractivity contribution in [2.75, 3.05) is 5.32 Å². The summed E-state index contributed by atoms with van der Waals surface area (Å²) in [6.07, 6.45) is -1.93. The summed E-state index contributed by atoms with van der Waals surface area (Å²) in [6, 6.07) is 7.22. The fourth-order valence-corrected chi connectivity index (χ4v) is 2.31. The molecule has 1 N–H and O–H groups in total. The highest BCUT2D eigenvalue weighted by Gasteiger charge is 2.34. The Morgan fingerprint density at radius 3 is 2.62 bits per heavy atom. The van der Waals surface area contributed by atoms with Crippen LogP contribution < -0.4 is 5.32 Å². The molecule has 3 rings (SSSR count). The zero-order chi connectivity index (χ0) is 18.9. The standard InChI is InChI=1S/C17H12F4N4O/c1-10-6-8-22-15(14(10)18)25-9-7-13(24-25)23-16(26)11-4-2-3-5-12(11)17(19,20)21/h2-9H,1H3,(H,23,24,26). The Bertz CT molecular complexity index is 965. The van der Waals surface area contributed by atoms with Crippen LogP contribution in [0.15, 0.2) is 48.8 Å². The highest BCUT2D eigenvalue weighted by atomic mass is 19.4. The smallest absolute Gasteiger partial charge is 0.305 e. The molecule has 26 heavy (non-hydrogen) atoms. The molecular weight excluding hydrogens is 352 g/mol. The molecule has 0 radical (unpaired) electrons. The minimum absolute atomic E-state index is 0.0327. The summed E-state index contributed by atoms with van der Waals surface area (Å²) < 4.78 is 54.2. The molecule has 0 saturated carbocycles. The maximum absolute atomic E-state index is 14.1. The second kappa shape index (κ2) is 6.58. The van der Waals surface area contributed by atoms with E-state index in [4.69, 9.17) is 0 Å². The molecular formula is C17H12F4N4O. The van der Waals surface area contributed by atoms with Crippen LogP contribution >= 0.6 is 0 Å². The number of nitrogens with zero attached hydrogens (tertiary/aromatic N) is 3. The average Bonchev–Trinajstić information content (AvgIpc) is 3.04. The Morgan fingerprint density at radius 2 is 1.88 bits per heavy atom. The van der Waals surface area contributed by atoms with Gasteiger partial charge in [-0.25, -0.2) is 14.1 Å². The van der Waals surface area contributed by atoms with Gasteiger partial charge in [0.1, 0.15) is 0 Å². The number of carbonyl (C=O) groups excluding carboxylic acids is 1. The van der Waals surface area contributed by atoms with E-state index in [2.05, 4.69) is 15.4 Å². The van der Waals surface area contributed by atoms with Crippen LogP contribution in [0.5, 0.6) is 0 Å². The van der Waals surface area contributed by atoms with Crippen molar-refractivity contribution < 1.29 is 22.4 Å². The van der Waals surface area contributed by atoms with E-state index in [0.29, 0.717) is 5.56 Å². The van der Waals surface area contributed by atoms with Crippen LogP contribution in [0.4, 0.5) is 23.4 Å². The van der Waals surface area contributed by atoms with Crippen molar-refractivity contribution in [1.29, 1.82) is 0 Å². The fraction of sp³-hybridized carbons (Fsp3) is 0.118. The summed E-state index contributed by atoms with van der Waals surface area (Å²) in [5.74, 6) is -1.67. The second-order valence-electron chi connectivity index (χ2n) is 5.41. The van der Waals surface area contributed by atoms with Gasteiger partial charge in [0.15, 0.2) is 17.5 Å². The van der Waals surface area contributed by atoms with Crippen molar-refractivity contribution in [3.63, 3.8) is 0 Å². The number of halogens is 4. The first-order valence-corrected chi connectivity index (χ1v) is 7.42. The third kappa shape index (κ3) is 3.41. The minimum Gasteiger partial charge on any atom is -0.305 e. The molecule has 0 fully saturated rings. The Balaban J connectivity index is 1.87. The van der Waals surface area contributed by atoms with Crippen molar-refractivity contribution in [1.82, 2.24) is 14.8 Å². The van der Waals surface area contributed by atoms with Crippen LogP contribution in [0.2, 0.25) is 0 Å². The third-order valence-electron chi connectivity index (χ3n) is 3.59. The van der Waals surface area contributed by atoms with Crippen LogP contribution in [0, 0.1) is 12.7 Å². The van der Waals surface area contributed by atoms with Crippen LogP contribution in [-0.4, -0.2) is 20.7 Å². The number of benzene rings is 1. The molecule has 0 aliphatic carbocycles. The lowest BCUT2D eigenvalue weighted by Gasteiger charge is -2.11.